The molecule has 1 aromatic carbocycles. The van der Waals surface area contributed by atoms with Gasteiger partial charge in [0.2, 0.25) is 15.9 Å². The largest absolute Gasteiger partial charge is 0.496 e. The Bertz CT molecular complexity index is 670. The molecule has 1 heterocycles. The minimum absolute atomic E-state index is 0.0322. The van der Waals surface area contributed by atoms with Crippen LogP contribution in [-0.4, -0.2) is 51.1 Å². The van der Waals surface area contributed by atoms with E-state index in [0.717, 1.165) is 30.6 Å². The van der Waals surface area contributed by atoms with Gasteiger partial charge >= 0.3 is 0 Å². The van der Waals surface area contributed by atoms with E-state index >= 15 is 0 Å². The standard InChI is InChI=1S/C19H30N2O4S/c1-25-18-10-4-3-9-17(18)12-13-20-19(22)11-5-8-16-26(23,24)21-14-6-2-7-15-21/h3-4,9-10H,2,5-8,11-16H2,1H3,(H,20,22). The van der Waals surface area contributed by atoms with Crippen molar-refractivity contribution in [3.8, 4) is 5.75 Å². The lowest BCUT2D eigenvalue weighted by Gasteiger charge is -2.25. The Labute approximate surface area is 157 Å². The number of carbonyl (C=O) groups is 1. The first-order valence-electron chi connectivity index (χ1n) is 9.39. The number of unbranched alkanes of at least 4 members (excludes halogenated alkanes) is 1. The Hall–Kier alpha value is -1.60. The Balaban J connectivity index is 1.61. The van der Waals surface area contributed by atoms with E-state index in [1.165, 1.54) is 0 Å². The highest BCUT2D eigenvalue weighted by atomic mass is 32.2. The molecule has 1 saturated heterocycles. The van der Waals surface area contributed by atoms with Crippen LogP contribution in [0, 0.1) is 0 Å². The first-order chi connectivity index (χ1) is 12.5. The zero-order valence-electron chi connectivity index (χ0n) is 15.6. The molecule has 0 saturated carbocycles. The van der Waals surface area contributed by atoms with Gasteiger partial charge in [0.15, 0.2) is 0 Å². The van der Waals surface area contributed by atoms with Crippen LogP contribution in [0.1, 0.15) is 44.1 Å². The van der Waals surface area contributed by atoms with Crippen LogP contribution in [0.3, 0.4) is 0 Å². The van der Waals surface area contributed by atoms with Gasteiger partial charge in [0.1, 0.15) is 5.75 Å². The lowest BCUT2D eigenvalue weighted by atomic mass is 10.1. The quantitative estimate of drug-likeness (QED) is 0.630. The van der Waals surface area contributed by atoms with E-state index in [0.29, 0.717) is 45.3 Å². The molecule has 0 aromatic heterocycles. The van der Waals surface area contributed by atoms with Crippen molar-refractivity contribution in [2.45, 2.75) is 44.9 Å². The van der Waals surface area contributed by atoms with Crippen molar-refractivity contribution in [2.24, 2.45) is 0 Å². The number of methoxy groups -OCH3 is 1. The third-order valence-corrected chi connectivity index (χ3v) is 6.63. The van der Waals surface area contributed by atoms with E-state index in [-0.39, 0.29) is 11.7 Å². The van der Waals surface area contributed by atoms with Gasteiger partial charge in [-0.15, -0.1) is 0 Å². The monoisotopic (exact) mass is 382 g/mol. The second-order valence-corrected chi connectivity index (χ2v) is 8.73. The van der Waals surface area contributed by atoms with Crippen molar-refractivity contribution in [2.75, 3.05) is 32.5 Å². The van der Waals surface area contributed by atoms with Gasteiger partial charge in [-0.25, -0.2) is 12.7 Å². The molecule has 1 N–H and O–H groups in total. The number of rotatable bonds is 10. The minimum Gasteiger partial charge on any atom is -0.496 e. The van der Waals surface area contributed by atoms with Gasteiger partial charge in [-0.1, -0.05) is 24.6 Å². The third-order valence-electron chi connectivity index (χ3n) is 4.67. The molecule has 0 bridgehead atoms. The molecule has 0 spiro atoms. The number of sulfonamides is 1. The number of nitrogens with one attached hydrogen (secondary N) is 1. The molecule has 1 amide bonds. The fraction of sp³-hybridized carbons (Fsp3) is 0.632. The Morgan fingerprint density at radius 1 is 1.15 bits per heavy atom. The number of hydrogen-bond donors (Lipinski definition) is 1. The van der Waals surface area contributed by atoms with Gasteiger partial charge in [-0.3, -0.25) is 4.79 Å². The van der Waals surface area contributed by atoms with Crippen LogP contribution in [0.15, 0.2) is 24.3 Å². The van der Waals surface area contributed by atoms with Crippen LogP contribution in [0.4, 0.5) is 0 Å². The van der Waals surface area contributed by atoms with Gasteiger partial charge in [0, 0.05) is 26.1 Å². The third kappa shape index (κ3) is 6.61. The van der Waals surface area contributed by atoms with Crippen molar-refractivity contribution < 1.29 is 17.9 Å². The summed E-state index contributed by atoms with van der Waals surface area (Å²) in [5.74, 6) is 0.932. The van der Waals surface area contributed by atoms with Crippen molar-refractivity contribution in [1.29, 1.82) is 0 Å². The smallest absolute Gasteiger partial charge is 0.220 e. The number of benzene rings is 1. The van der Waals surface area contributed by atoms with Gasteiger partial charge in [-0.2, -0.15) is 0 Å². The number of hydrogen-bond acceptors (Lipinski definition) is 4. The first-order valence-corrected chi connectivity index (χ1v) is 11.0. The van der Waals surface area contributed by atoms with Gasteiger partial charge in [0.25, 0.3) is 0 Å². The molecule has 1 fully saturated rings. The van der Waals surface area contributed by atoms with Crippen LogP contribution < -0.4 is 10.1 Å². The average molecular weight is 383 g/mol. The molecule has 26 heavy (non-hydrogen) atoms. The summed E-state index contributed by atoms with van der Waals surface area (Å²) in [7, 11) is -1.52. The number of carbonyl (C=O) groups excluding carboxylic acids is 1. The fourth-order valence-electron chi connectivity index (χ4n) is 3.18. The van der Waals surface area contributed by atoms with Crippen LogP contribution in [0.2, 0.25) is 0 Å². The van der Waals surface area contributed by atoms with Crippen molar-refractivity contribution in [1.82, 2.24) is 9.62 Å². The summed E-state index contributed by atoms with van der Waals surface area (Å²) >= 11 is 0. The van der Waals surface area contributed by atoms with Crippen LogP contribution in [-0.2, 0) is 21.2 Å². The maximum atomic E-state index is 12.2. The highest BCUT2D eigenvalue weighted by Gasteiger charge is 2.23. The van der Waals surface area contributed by atoms with E-state index < -0.39 is 10.0 Å². The maximum Gasteiger partial charge on any atom is 0.220 e. The van der Waals surface area contributed by atoms with Gasteiger partial charge in [0.05, 0.1) is 12.9 Å². The summed E-state index contributed by atoms with van der Waals surface area (Å²) in [5.41, 5.74) is 1.06. The van der Waals surface area contributed by atoms with E-state index in [1.807, 2.05) is 24.3 Å². The predicted molar refractivity (Wildman–Crippen MR) is 103 cm³/mol. The molecular weight excluding hydrogens is 352 g/mol. The highest BCUT2D eigenvalue weighted by Crippen LogP contribution is 2.17. The first kappa shape index (κ1) is 20.7. The molecule has 1 aliphatic rings. The number of amides is 1. The Morgan fingerprint density at radius 2 is 1.88 bits per heavy atom. The number of piperidine rings is 1. The van der Waals surface area contributed by atoms with E-state index in [9.17, 15) is 13.2 Å². The van der Waals surface area contributed by atoms with E-state index in [1.54, 1.807) is 11.4 Å². The van der Waals surface area contributed by atoms with Crippen molar-refractivity contribution >= 4 is 15.9 Å². The van der Waals surface area contributed by atoms with Gasteiger partial charge in [-0.05, 0) is 43.7 Å². The number of ether oxygens (including phenoxy) is 1. The highest BCUT2D eigenvalue weighted by molar-refractivity contribution is 7.89. The Kier molecular flexibility index (Phi) is 8.38. The lowest BCUT2D eigenvalue weighted by molar-refractivity contribution is -0.121. The zero-order valence-corrected chi connectivity index (χ0v) is 16.4. The fourth-order valence-corrected chi connectivity index (χ4v) is 4.82. The summed E-state index contributed by atoms with van der Waals surface area (Å²) in [5, 5.41) is 2.89. The maximum absolute atomic E-state index is 12.2. The minimum atomic E-state index is -3.15. The lowest BCUT2D eigenvalue weighted by Crippen LogP contribution is -2.37. The number of nitrogens with zero attached hydrogens (tertiary/aromatic N) is 1. The molecule has 146 valence electrons. The molecular formula is C19H30N2O4S. The average Bonchev–Trinajstić information content (AvgIpc) is 2.66. The van der Waals surface area contributed by atoms with E-state index in [4.69, 9.17) is 4.74 Å². The summed E-state index contributed by atoms with van der Waals surface area (Å²) in [6, 6.07) is 7.75. The van der Waals surface area contributed by atoms with Gasteiger partial charge < -0.3 is 10.1 Å². The molecule has 0 atom stereocenters. The molecule has 0 radical (unpaired) electrons. The SMILES string of the molecule is COc1ccccc1CCNC(=O)CCCCS(=O)(=O)N1CCCCC1. The summed E-state index contributed by atoms with van der Waals surface area (Å²) in [6.07, 6.45) is 5.20. The van der Waals surface area contributed by atoms with Crippen molar-refractivity contribution in [3.05, 3.63) is 29.8 Å². The molecule has 0 aliphatic carbocycles. The zero-order chi connectivity index (χ0) is 18.8. The topological polar surface area (TPSA) is 75.7 Å². The van der Waals surface area contributed by atoms with Crippen molar-refractivity contribution in [3.63, 3.8) is 0 Å². The Morgan fingerprint density at radius 3 is 2.62 bits per heavy atom. The normalized spacial score (nSPS) is 15.6. The van der Waals surface area contributed by atoms with Crippen LogP contribution in [0.25, 0.3) is 0 Å². The second kappa shape index (κ2) is 10.5. The number of para-hydroxylation sites is 1. The van der Waals surface area contributed by atoms with Crippen LogP contribution in [0.5, 0.6) is 5.75 Å². The van der Waals surface area contributed by atoms with Crippen LogP contribution >= 0.6 is 0 Å². The molecule has 7 heteroatoms. The molecule has 0 unspecified atom stereocenters. The molecule has 6 nitrogen and oxygen atoms in total. The second-order valence-electron chi connectivity index (χ2n) is 6.64. The summed E-state index contributed by atoms with van der Waals surface area (Å²) in [6.45, 7) is 1.84. The molecule has 2 rings (SSSR count). The molecule has 1 aromatic rings. The predicted octanol–water partition coefficient (Wildman–Crippen LogP) is 2.34. The summed E-state index contributed by atoms with van der Waals surface area (Å²) < 4.78 is 31.4. The molecule has 1 aliphatic heterocycles. The van der Waals surface area contributed by atoms with E-state index in [2.05, 4.69) is 5.32 Å². The summed E-state index contributed by atoms with van der Waals surface area (Å²) in [4.78, 5) is 11.9.